The largest absolute Gasteiger partial charge is 0.381 e. The highest BCUT2D eigenvalue weighted by Crippen LogP contribution is 2.41. The van der Waals surface area contributed by atoms with E-state index >= 15 is 0 Å². The quantitative estimate of drug-likeness (QED) is 0.541. The van der Waals surface area contributed by atoms with E-state index in [0.29, 0.717) is 6.54 Å². The number of benzene rings is 1. The molecule has 0 spiro atoms. The zero-order valence-corrected chi connectivity index (χ0v) is 16.0. The van der Waals surface area contributed by atoms with E-state index in [-0.39, 0.29) is 11.9 Å². The number of nitrogens with one attached hydrogen (secondary N) is 2. The summed E-state index contributed by atoms with van der Waals surface area (Å²) in [7, 11) is 0. The van der Waals surface area contributed by atoms with Crippen LogP contribution < -0.4 is 10.6 Å². The fraction of sp³-hybridized carbons (Fsp3) is 0.143. The molecule has 0 radical (unpaired) electrons. The molecular formula is C21H17N5OS. The summed E-state index contributed by atoms with van der Waals surface area (Å²) in [5.74, 6) is -0.0237. The third-order valence-electron chi connectivity index (χ3n) is 4.85. The van der Waals surface area contributed by atoms with Crippen LogP contribution in [0.5, 0.6) is 0 Å². The van der Waals surface area contributed by atoms with Crippen molar-refractivity contribution in [3.8, 4) is 11.4 Å². The van der Waals surface area contributed by atoms with Gasteiger partial charge in [-0.05, 0) is 43.3 Å². The Morgan fingerprint density at radius 2 is 2.11 bits per heavy atom. The summed E-state index contributed by atoms with van der Waals surface area (Å²) in [6.07, 6.45) is 3.21. The molecule has 1 aromatic carbocycles. The second-order valence-electron chi connectivity index (χ2n) is 6.80. The minimum atomic E-state index is -0.0237. The summed E-state index contributed by atoms with van der Waals surface area (Å²) in [4.78, 5) is 26.6. The van der Waals surface area contributed by atoms with Crippen molar-refractivity contribution < 1.29 is 4.79 Å². The van der Waals surface area contributed by atoms with Gasteiger partial charge in [-0.25, -0.2) is 15.0 Å². The molecule has 1 amide bonds. The van der Waals surface area contributed by atoms with E-state index in [2.05, 4.69) is 33.2 Å². The lowest BCUT2D eigenvalue weighted by Gasteiger charge is -2.10. The van der Waals surface area contributed by atoms with Crippen molar-refractivity contribution in [1.82, 2.24) is 20.3 Å². The van der Waals surface area contributed by atoms with Crippen molar-refractivity contribution in [3.63, 3.8) is 0 Å². The molecule has 3 aromatic heterocycles. The minimum absolute atomic E-state index is 0.0237. The number of anilines is 1. The van der Waals surface area contributed by atoms with E-state index in [4.69, 9.17) is 4.98 Å². The van der Waals surface area contributed by atoms with Crippen LogP contribution in [0.2, 0.25) is 0 Å². The van der Waals surface area contributed by atoms with Crippen LogP contribution >= 0.6 is 11.3 Å². The van der Waals surface area contributed by atoms with Gasteiger partial charge >= 0.3 is 0 Å². The topological polar surface area (TPSA) is 79.8 Å². The number of nitrogens with zero attached hydrogens (tertiary/aromatic N) is 3. The average molecular weight is 387 g/mol. The SMILES string of the molecule is C=Cc1cc(-c2ccc3c(ccc4sc5c(c43)NC[C@@H](C)NC5=O)n2)ncn1. The van der Waals surface area contributed by atoms with Crippen LogP contribution in [0, 0.1) is 0 Å². The number of thiophene rings is 1. The van der Waals surface area contributed by atoms with Crippen LogP contribution in [0.15, 0.2) is 43.2 Å². The fourth-order valence-electron chi connectivity index (χ4n) is 3.49. The van der Waals surface area contributed by atoms with E-state index in [9.17, 15) is 4.79 Å². The van der Waals surface area contributed by atoms with Crippen LogP contribution in [0.3, 0.4) is 0 Å². The first kappa shape index (κ1) is 16.8. The van der Waals surface area contributed by atoms with Gasteiger partial charge in [0, 0.05) is 28.1 Å². The molecule has 4 aromatic rings. The molecule has 1 aliphatic rings. The number of carbonyl (C=O) groups is 1. The standard InChI is InChI=1S/C21H17N5OS/c1-3-12-8-16(24-10-23-12)15-5-4-13-14(26-15)6-7-17-18(13)19-20(28-17)21(27)25-11(2)9-22-19/h3-8,10-11,22H,1,9H2,2H3,(H,25,27)/t11-/m1/s1. The molecule has 28 heavy (non-hydrogen) atoms. The summed E-state index contributed by atoms with van der Waals surface area (Å²) >= 11 is 1.51. The highest BCUT2D eigenvalue weighted by Gasteiger charge is 2.24. The Hall–Kier alpha value is -3.32. The number of rotatable bonds is 2. The van der Waals surface area contributed by atoms with Gasteiger partial charge < -0.3 is 10.6 Å². The third kappa shape index (κ3) is 2.63. The lowest BCUT2D eigenvalue weighted by atomic mass is 10.1. The Kier molecular flexibility index (Phi) is 3.84. The van der Waals surface area contributed by atoms with Crippen molar-refractivity contribution in [2.45, 2.75) is 13.0 Å². The molecular weight excluding hydrogens is 370 g/mol. The molecule has 0 bridgehead atoms. The third-order valence-corrected chi connectivity index (χ3v) is 6.00. The predicted octanol–water partition coefficient (Wildman–Crippen LogP) is 4.09. The number of hydrogen-bond acceptors (Lipinski definition) is 6. The van der Waals surface area contributed by atoms with Gasteiger partial charge in [-0.3, -0.25) is 4.79 Å². The molecule has 138 valence electrons. The van der Waals surface area contributed by atoms with Crippen molar-refractivity contribution >= 4 is 50.0 Å². The number of aromatic nitrogens is 3. The van der Waals surface area contributed by atoms with Gasteiger partial charge in [0.05, 0.1) is 28.3 Å². The van der Waals surface area contributed by atoms with E-state index < -0.39 is 0 Å². The van der Waals surface area contributed by atoms with Gasteiger partial charge in [-0.15, -0.1) is 11.3 Å². The predicted molar refractivity (Wildman–Crippen MR) is 114 cm³/mol. The van der Waals surface area contributed by atoms with Gasteiger partial charge in [-0.1, -0.05) is 6.58 Å². The molecule has 1 atom stereocenters. The normalized spacial score (nSPS) is 16.3. The highest BCUT2D eigenvalue weighted by molar-refractivity contribution is 7.21. The maximum atomic E-state index is 12.5. The minimum Gasteiger partial charge on any atom is -0.381 e. The molecule has 1 aliphatic heterocycles. The molecule has 0 aliphatic carbocycles. The Morgan fingerprint density at radius 3 is 2.96 bits per heavy atom. The summed E-state index contributed by atoms with van der Waals surface area (Å²) in [6, 6.07) is 9.98. The number of carbonyl (C=O) groups excluding carboxylic acids is 1. The van der Waals surface area contributed by atoms with E-state index in [0.717, 1.165) is 48.6 Å². The van der Waals surface area contributed by atoms with Gasteiger partial charge in [0.15, 0.2) is 0 Å². The summed E-state index contributed by atoms with van der Waals surface area (Å²) < 4.78 is 1.07. The first-order valence-electron chi connectivity index (χ1n) is 9.00. The number of pyridine rings is 1. The Morgan fingerprint density at radius 1 is 1.21 bits per heavy atom. The molecule has 0 saturated carbocycles. The van der Waals surface area contributed by atoms with Crippen LogP contribution in [0.4, 0.5) is 5.69 Å². The molecule has 0 saturated heterocycles. The number of fused-ring (bicyclic) bond motifs is 5. The zero-order chi connectivity index (χ0) is 19.3. The van der Waals surface area contributed by atoms with E-state index in [1.807, 2.05) is 31.2 Å². The second kappa shape index (κ2) is 6.38. The summed E-state index contributed by atoms with van der Waals surface area (Å²) in [5, 5.41) is 8.54. The second-order valence-corrected chi connectivity index (χ2v) is 7.85. The van der Waals surface area contributed by atoms with E-state index in [1.54, 1.807) is 6.08 Å². The van der Waals surface area contributed by atoms with Gasteiger partial charge in [0.2, 0.25) is 0 Å². The Labute approximate surface area is 165 Å². The van der Waals surface area contributed by atoms with Crippen molar-refractivity contribution in [2.24, 2.45) is 0 Å². The molecule has 7 heteroatoms. The fourth-order valence-corrected chi connectivity index (χ4v) is 4.59. The highest BCUT2D eigenvalue weighted by atomic mass is 32.1. The number of hydrogen-bond donors (Lipinski definition) is 2. The first-order chi connectivity index (χ1) is 13.6. The van der Waals surface area contributed by atoms with E-state index in [1.165, 1.54) is 17.7 Å². The van der Waals surface area contributed by atoms with Crippen LogP contribution in [-0.2, 0) is 0 Å². The average Bonchev–Trinajstić information content (AvgIpc) is 3.04. The van der Waals surface area contributed by atoms with Crippen LogP contribution in [0.25, 0.3) is 38.5 Å². The molecule has 2 N–H and O–H groups in total. The van der Waals surface area contributed by atoms with Crippen molar-refractivity contribution in [3.05, 3.63) is 53.8 Å². The zero-order valence-electron chi connectivity index (χ0n) is 15.2. The lowest BCUT2D eigenvalue weighted by Crippen LogP contribution is -2.34. The molecule has 0 unspecified atom stereocenters. The smallest absolute Gasteiger partial charge is 0.263 e. The van der Waals surface area contributed by atoms with Gasteiger partial charge in [0.1, 0.15) is 11.2 Å². The van der Waals surface area contributed by atoms with Crippen LogP contribution in [0.1, 0.15) is 22.3 Å². The molecule has 5 rings (SSSR count). The maximum absolute atomic E-state index is 12.5. The molecule has 0 fully saturated rings. The maximum Gasteiger partial charge on any atom is 0.263 e. The molecule has 6 nitrogen and oxygen atoms in total. The number of amides is 1. The van der Waals surface area contributed by atoms with Gasteiger partial charge in [0.25, 0.3) is 5.91 Å². The first-order valence-corrected chi connectivity index (χ1v) is 9.81. The summed E-state index contributed by atoms with van der Waals surface area (Å²) in [5.41, 5.74) is 4.05. The van der Waals surface area contributed by atoms with Crippen molar-refractivity contribution in [2.75, 3.05) is 11.9 Å². The van der Waals surface area contributed by atoms with Gasteiger partial charge in [-0.2, -0.15) is 0 Å². The molecule has 4 heterocycles. The Bertz CT molecular complexity index is 1260. The lowest BCUT2D eigenvalue weighted by molar-refractivity contribution is 0.0949. The Balaban J connectivity index is 1.71. The van der Waals surface area contributed by atoms with Crippen molar-refractivity contribution in [1.29, 1.82) is 0 Å². The van der Waals surface area contributed by atoms with Crippen LogP contribution in [-0.4, -0.2) is 33.4 Å². The summed E-state index contributed by atoms with van der Waals surface area (Å²) in [6.45, 7) is 6.44. The monoisotopic (exact) mass is 387 g/mol.